The molecule has 0 unspecified atom stereocenters. The van der Waals surface area contributed by atoms with Crippen LogP contribution in [0.2, 0.25) is 0 Å². The van der Waals surface area contributed by atoms with Gasteiger partial charge in [0, 0.05) is 30.7 Å². The monoisotopic (exact) mass is 462 g/mol. The molecule has 8 heteroatoms. The standard InChI is InChI=1S/C26H24F2N4O2/c1-16-4-2-3-5-19(16)13-24(33)32-23(12-17-6-7-21(27)22(28)11-17)26(34)31-15-18-10-20-8-9-29-25(20)30-14-18/h2-11,14,23H,12-13,15H2,1H3,(H,29,30)(H,31,34)(H,32,33)/t23-/m0/s1. The van der Waals surface area contributed by atoms with Crippen LogP contribution >= 0.6 is 0 Å². The van der Waals surface area contributed by atoms with Gasteiger partial charge < -0.3 is 15.6 Å². The van der Waals surface area contributed by atoms with Crippen LogP contribution in [0.4, 0.5) is 8.78 Å². The number of rotatable bonds is 8. The number of hydrogen-bond acceptors (Lipinski definition) is 3. The summed E-state index contributed by atoms with van der Waals surface area (Å²) < 4.78 is 27.1. The van der Waals surface area contributed by atoms with Crippen molar-refractivity contribution in [1.29, 1.82) is 0 Å². The van der Waals surface area contributed by atoms with Gasteiger partial charge in [-0.05, 0) is 53.4 Å². The number of carbonyl (C=O) groups excluding carboxylic acids is 2. The molecule has 0 spiro atoms. The van der Waals surface area contributed by atoms with Crippen molar-refractivity contribution in [2.75, 3.05) is 0 Å². The van der Waals surface area contributed by atoms with E-state index in [0.717, 1.165) is 39.9 Å². The Morgan fingerprint density at radius 2 is 1.85 bits per heavy atom. The lowest BCUT2D eigenvalue weighted by Crippen LogP contribution is -2.48. The fraction of sp³-hybridized carbons (Fsp3) is 0.192. The zero-order chi connectivity index (χ0) is 24.1. The summed E-state index contributed by atoms with van der Waals surface area (Å²) in [6, 6.07) is 13.7. The summed E-state index contributed by atoms with van der Waals surface area (Å²) in [5, 5.41) is 6.47. The molecule has 6 nitrogen and oxygen atoms in total. The SMILES string of the molecule is Cc1ccccc1CC(=O)N[C@@H](Cc1ccc(F)c(F)c1)C(=O)NCc1cnc2[nH]ccc2c1. The van der Waals surface area contributed by atoms with E-state index in [1.165, 1.54) is 6.07 Å². The number of H-pyrrole nitrogens is 1. The average molecular weight is 463 g/mol. The highest BCUT2D eigenvalue weighted by Gasteiger charge is 2.22. The van der Waals surface area contributed by atoms with Gasteiger partial charge in [0.1, 0.15) is 11.7 Å². The first-order valence-corrected chi connectivity index (χ1v) is 10.9. The molecule has 2 aromatic heterocycles. The maximum atomic E-state index is 13.7. The Morgan fingerprint density at radius 1 is 1.03 bits per heavy atom. The van der Waals surface area contributed by atoms with Crippen LogP contribution in [0.1, 0.15) is 22.3 Å². The Hall–Kier alpha value is -4.07. The fourth-order valence-corrected chi connectivity index (χ4v) is 3.73. The maximum absolute atomic E-state index is 13.7. The normalized spacial score (nSPS) is 11.9. The van der Waals surface area contributed by atoms with Crippen molar-refractivity contribution in [1.82, 2.24) is 20.6 Å². The molecule has 0 saturated carbocycles. The highest BCUT2D eigenvalue weighted by Crippen LogP contribution is 2.13. The summed E-state index contributed by atoms with van der Waals surface area (Å²) in [6.45, 7) is 2.11. The smallest absolute Gasteiger partial charge is 0.243 e. The molecule has 174 valence electrons. The largest absolute Gasteiger partial charge is 0.350 e. The Morgan fingerprint density at radius 3 is 2.65 bits per heavy atom. The van der Waals surface area contributed by atoms with Gasteiger partial charge in [-0.15, -0.1) is 0 Å². The van der Waals surface area contributed by atoms with Crippen LogP contribution in [-0.4, -0.2) is 27.8 Å². The molecule has 0 aliphatic carbocycles. The van der Waals surface area contributed by atoms with E-state index in [-0.39, 0.29) is 25.3 Å². The third-order valence-corrected chi connectivity index (χ3v) is 5.61. The summed E-state index contributed by atoms with van der Waals surface area (Å²) >= 11 is 0. The minimum atomic E-state index is -1.01. The minimum absolute atomic E-state index is 0.0115. The summed E-state index contributed by atoms with van der Waals surface area (Å²) in [7, 11) is 0. The number of nitrogens with zero attached hydrogens (tertiary/aromatic N) is 1. The molecular weight excluding hydrogens is 438 g/mol. The van der Waals surface area contributed by atoms with Crippen molar-refractivity contribution in [3.05, 3.63) is 101 Å². The number of aryl methyl sites for hydroxylation is 1. The van der Waals surface area contributed by atoms with Gasteiger partial charge in [0.25, 0.3) is 0 Å². The second kappa shape index (κ2) is 10.2. The number of halogens is 2. The van der Waals surface area contributed by atoms with E-state index >= 15 is 0 Å². The van der Waals surface area contributed by atoms with Gasteiger partial charge in [-0.25, -0.2) is 13.8 Å². The number of amides is 2. The number of nitrogens with one attached hydrogen (secondary N) is 3. The first kappa shape index (κ1) is 23.1. The number of aromatic nitrogens is 2. The van der Waals surface area contributed by atoms with Crippen LogP contribution in [0.5, 0.6) is 0 Å². The molecular formula is C26H24F2N4O2. The van der Waals surface area contributed by atoms with Crippen LogP contribution < -0.4 is 10.6 Å². The molecule has 4 aromatic rings. The summed E-state index contributed by atoms with van der Waals surface area (Å²) in [5.74, 6) is -2.75. The molecule has 4 rings (SSSR count). The highest BCUT2D eigenvalue weighted by molar-refractivity contribution is 5.88. The lowest BCUT2D eigenvalue weighted by atomic mass is 10.0. The summed E-state index contributed by atoms with van der Waals surface area (Å²) in [5.41, 5.74) is 3.74. The number of carbonyl (C=O) groups is 2. The molecule has 0 radical (unpaired) electrons. The summed E-state index contributed by atoms with van der Waals surface area (Å²) in [4.78, 5) is 33.1. The predicted molar refractivity (Wildman–Crippen MR) is 125 cm³/mol. The number of pyridine rings is 1. The molecule has 34 heavy (non-hydrogen) atoms. The molecule has 1 atom stereocenters. The van der Waals surface area contributed by atoms with Gasteiger partial charge >= 0.3 is 0 Å². The lowest BCUT2D eigenvalue weighted by molar-refractivity contribution is -0.128. The van der Waals surface area contributed by atoms with Crippen molar-refractivity contribution >= 4 is 22.8 Å². The molecule has 0 fully saturated rings. The molecule has 3 N–H and O–H groups in total. The zero-order valence-corrected chi connectivity index (χ0v) is 18.6. The zero-order valence-electron chi connectivity index (χ0n) is 18.6. The Labute approximate surface area is 195 Å². The minimum Gasteiger partial charge on any atom is -0.350 e. The van der Waals surface area contributed by atoms with Crippen molar-refractivity contribution in [3.8, 4) is 0 Å². The second-order valence-electron chi connectivity index (χ2n) is 8.15. The van der Waals surface area contributed by atoms with Crippen molar-refractivity contribution in [2.24, 2.45) is 0 Å². The van der Waals surface area contributed by atoms with Gasteiger partial charge in [0.15, 0.2) is 11.6 Å². The molecule has 0 aliphatic heterocycles. The van der Waals surface area contributed by atoms with E-state index in [1.54, 1.807) is 12.4 Å². The van der Waals surface area contributed by atoms with Crippen LogP contribution in [0.25, 0.3) is 11.0 Å². The third kappa shape index (κ3) is 5.64. The van der Waals surface area contributed by atoms with E-state index in [4.69, 9.17) is 0 Å². The number of aromatic amines is 1. The Bertz CT molecular complexity index is 1340. The van der Waals surface area contributed by atoms with E-state index < -0.39 is 23.6 Å². The van der Waals surface area contributed by atoms with Gasteiger partial charge in [0.2, 0.25) is 11.8 Å². The molecule has 2 aromatic carbocycles. The molecule has 0 aliphatic rings. The van der Waals surface area contributed by atoms with Gasteiger partial charge in [-0.3, -0.25) is 9.59 Å². The molecule has 2 heterocycles. The van der Waals surface area contributed by atoms with Crippen molar-refractivity contribution in [2.45, 2.75) is 32.4 Å². The number of fused-ring (bicyclic) bond motifs is 1. The predicted octanol–water partition coefficient (Wildman–Crippen LogP) is 3.74. The van der Waals surface area contributed by atoms with Crippen LogP contribution in [0.15, 0.2) is 67.0 Å². The summed E-state index contributed by atoms with van der Waals surface area (Å²) in [6.07, 6.45) is 3.54. The lowest BCUT2D eigenvalue weighted by Gasteiger charge is -2.19. The highest BCUT2D eigenvalue weighted by atomic mass is 19.2. The van der Waals surface area contributed by atoms with E-state index in [2.05, 4.69) is 20.6 Å². The first-order valence-electron chi connectivity index (χ1n) is 10.9. The van der Waals surface area contributed by atoms with Crippen molar-refractivity contribution in [3.63, 3.8) is 0 Å². The molecule has 0 saturated heterocycles. The van der Waals surface area contributed by atoms with Crippen molar-refractivity contribution < 1.29 is 18.4 Å². The van der Waals surface area contributed by atoms with E-state index in [1.807, 2.05) is 43.3 Å². The maximum Gasteiger partial charge on any atom is 0.243 e. The van der Waals surface area contributed by atoms with Crippen LogP contribution in [0, 0.1) is 18.6 Å². The molecule has 0 bridgehead atoms. The fourth-order valence-electron chi connectivity index (χ4n) is 3.73. The average Bonchev–Trinajstić information content (AvgIpc) is 3.29. The Kier molecular flexibility index (Phi) is 6.96. The van der Waals surface area contributed by atoms with E-state index in [9.17, 15) is 18.4 Å². The Balaban J connectivity index is 1.47. The third-order valence-electron chi connectivity index (χ3n) is 5.61. The van der Waals surface area contributed by atoms with Gasteiger partial charge in [0.05, 0.1) is 6.42 Å². The second-order valence-corrected chi connectivity index (χ2v) is 8.15. The molecule has 2 amide bonds. The number of hydrogen-bond donors (Lipinski definition) is 3. The number of benzene rings is 2. The van der Waals surface area contributed by atoms with Crippen LogP contribution in [-0.2, 0) is 29.0 Å². The van der Waals surface area contributed by atoms with Gasteiger partial charge in [-0.1, -0.05) is 30.3 Å². The van der Waals surface area contributed by atoms with Crippen LogP contribution in [0.3, 0.4) is 0 Å². The van der Waals surface area contributed by atoms with E-state index in [0.29, 0.717) is 5.56 Å². The van der Waals surface area contributed by atoms with Gasteiger partial charge in [-0.2, -0.15) is 0 Å². The first-order chi connectivity index (χ1) is 16.4. The topological polar surface area (TPSA) is 86.9 Å². The quantitative estimate of drug-likeness (QED) is 0.373.